The van der Waals surface area contributed by atoms with Gasteiger partial charge in [0.2, 0.25) is 0 Å². The summed E-state index contributed by atoms with van der Waals surface area (Å²) in [6.07, 6.45) is 4.16. The van der Waals surface area contributed by atoms with Crippen LogP contribution in [0.5, 0.6) is 0 Å². The van der Waals surface area contributed by atoms with Gasteiger partial charge in [-0.25, -0.2) is 0 Å². The molecule has 1 aromatic heterocycles. The van der Waals surface area contributed by atoms with E-state index in [1.807, 2.05) is 0 Å². The summed E-state index contributed by atoms with van der Waals surface area (Å²) in [6, 6.07) is 9.14. The lowest BCUT2D eigenvalue weighted by atomic mass is 9.71. The summed E-state index contributed by atoms with van der Waals surface area (Å²) in [7, 11) is 0. The molecule has 1 aliphatic rings. The van der Waals surface area contributed by atoms with Crippen molar-refractivity contribution in [3.8, 4) is 0 Å². The van der Waals surface area contributed by atoms with E-state index in [0.29, 0.717) is 6.04 Å². The number of hydrogen-bond acceptors (Lipinski definition) is 4. The highest BCUT2D eigenvalue weighted by Crippen LogP contribution is 2.42. The van der Waals surface area contributed by atoms with Crippen molar-refractivity contribution in [3.05, 3.63) is 41.6 Å². The molecule has 0 amide bonds. The maximum absolute atomic E-state index is 3.90. The molecule has 1 aromatic carbocycles. The SMILES string of the molecule is CC1(C)CCC(Nc2cnns2)c2ccccc21. The molecular formula is C14H17N3S. The molecule has 18 heavy (non-hydrogen) atoms. The zero-order chi connectivity index (χ0) is 12.6. The second-order valence-corrected chi connectivity index (χ2v) is 6.27. The third-order valence-corrected chi connectivity index (χ3v) is 4.40. The van der Waals surface area contributed by atoms with Crippen molar-refractivity contribution >= 4 is 16.5 Å². The fourth-order valence-corrected chi connectivity index (χ4v) is 3.24. The minimum absolute atomic E-state index is 0.278. The number of hydrogen-bond donors (Lipinski definition) is 1. The van der Waals surface area contributed by atoms with Crippen molar-refractivity contribution in [3.63, 3.8) is 0 Å². The first kappa shape index (κ1) is 11.7. The molecule has 0 saturated carbocycles. The lowest BCUT2D eigenvalue weighted by molar-refractivity contribution is 0.406. The van der Waals surface area contributed by atoms with Crippen LogP contribution in [0.2, 0.25) is 0 Å². The molecule has 94 valence electrons. The molecule has 1 aliphatic carbocycles. The molecule has 1 unspecified atom stereocenters. The quantitative estimate of drug-likeness (QED) is 0.892. The molecular weight excluding hydrogens is 242 g/mol. The van der Waals surface area contributed by atoms with Crippen LogP contribution in [0.1, 0.15) is 43.9 Å². The van der Waals surface area contributed by atoms with Gasteiger partial charge in [0.1, 0.15) is 5.00 Å². The third-order valence-electron chi connectivity index (χ3n) is 3.80. The Hall–Kier alpha value is -1.42. The van der Waals surface area contributed by atoms with Crippen molar-refractivity contribution in [2.45, 2.75) is 38.1 Å². The van der Waals surface area contributed by atoms with Gasteiger partial charge in [-0.2, -0.15) is 0 Å². The molecule has 1 atom stereocenters. The average Bonchev–Trinajstić information content (AvgIpc) is 2.86. The number of nitrogens with one attached hydrogen (secondary N) is 1. The number of fused-ring (bicyclic) bond motifs is 1. The highest BCUT2D eigenvalue weighted by molar-refractivity contribution is 7.09. The number of nitrogens with zero attached hydrogens (tertiary/aromatic N) is 2. The first-order valence-electron chi connectivity index (χ1n) is 6.30. The molecule has 0 aliphatic heterocycles. The Labute approximate surface area is 111 Å². The van der Waals surface area contributed by atoms with Crippen LogP contribution < -0.4 is 5.32 Å². The molecule has 0 spiro atoms. The molecule has 0 bridgehead atoms. The summed E-state index contributed by atoms with van der Waals surface area (Å²) in [4.78, 5) is 0. The topological polar surface area (TPSA) is 37.8 Å². The van der Waals surface area contributed by atoms with Gasteiger partial charge in [0.05, 0.1) is 12.2 Å². The van der Waals surface area contributed by atoms with E-state index in [1.54, 1.807) is 6.20 Å². The van der Waals surface area contributed by atoms with Crippen molar-refractivity contribution < 1.29 is 0 Å². The van der Waals surface area contributed by atoms with Crippen molar-refractivity contribution in [2.24, 2.45) is 0 Å². The standard InChI is InChI=1S/C14H17N3S/c1-14(2)8-7-12(16-13-9-15-17-18-13)10-5-3-4-6-11(10)14/h3-6,9,12,16H,7-8H2,1-2H3. The van der Waals surface area contributed by atoms with Gasteiger partial charge in [-0.3, -0.25) is 0 Å². The van der Waals surface area contributed by atoms with Gasteiger partial charge in [-0.1, -0.05) is 42.6 Å². The number of benzene rings is 1. The summed E-state index contributed by atoms with van der Waals surface area (Å²) >= 11 is 1.42. The normalized spacial score (nSPS) is 21.3. The monoisotopic (exact) mass is 259 g/mol. The van der Waals surface area contributed by atoms with Crippen LogP contribution >= 0.6 is 11.5 Å². The van der Waals surface area contributed by atoms with E-state index in [1.165, 1.54) is 29.1 Å². The summed E-state index contributed by atoms with van der Waals surface area (Å²) in [5.74, 6) is 0. The van der Waals surface area contributed by atoms with E-state index in [0.717, 1.165) is 11.4 Å². The molecule has 2 aromatic rings. The van der Waals surface area contributed by atoms with E-state index < -0.39 is 0 Å². The van der Waals surface area contributed by atoms with Crippen LogP contribution in [-0.4, -0.2) is 9.59 Å². The largest absolute Gasteiger partial charge is 0.368 e. The van der Waals surface area contributed by atoms with E-state index in [9.17, 15) is 0 Å². The zero-order valence-corrected chi connectivity index (χ0v) is 11.5. The Morgan fingerprint density at radius 1 is 1.33 bits per heavy atom. The highest BCUT2D eigenvalue weighted by atomic mass is 32.1. The highest BCUT2D eigenvalue weighted by Gasteiger charge is 2.32. The number of rotatable bonds is 2. The summed E-state index contributed by atoms with van der Waals surface area (Å²) in [5, 5.41) is 8.48. The Bertz CT molecular complexity index is 534. The lowest BCUT2D eigenvalue weighted by Gasteiger charge is -2.37. The summed E-state index contributed by atoms with van der Waals surface area (Å²) in [6.45, 7) is 4.66. The second-order valence-electron chi connectivity index (χ2n) is 5.49. The fraction of sp³-hybridized carbons (Fsp3) is 0.429. The number of aromatic nitrogens is 2. The first-order chi connectivity index (χ1) is 8.67. The van der Waals surface area contributed by atoms with E-state index in [4.69, 9.17) is 0 Å². The van der Waals surface area contributed by atoms with E-state index in [-0.39, 0.29) is 5.41 Å². The van der Waals surface area contributed by atoms with Crippen LogP contribution in [0.15, 0.2) is 30.5 Å². The predicted molar refractivity (Wildman–Crippen MR) is 75.0 cm³/mol. The zero-order valence-electron chi connectivity index (χ0n) is 10.7. The van der Waals surface area contributed by atoms with Crippen molar-refractivity contribution in [1.82, 2.24) is 9.59 Å². The van der Waals surface area contributed by atoms with Crippen LogP contribution in [0.3, 0.4) is 0 Å². The van der Waals surface area contributed by atoms with Gasteiger partial charge in [0, 0.05) is 11.5 Å². The minimum atomic E-state index is 0.278. The molecule has 0 saturated heterocycles. The predicted octanol–water partition coefficient (Wildman–Crippen LogP) is 3.76. The molecule has 1 N–H and O–H groups in total. The average molecular weight is 259 g/mol. The third kappa shape index (κ3) is 2.01. The second kappa shape index (κ2) is 4.35. The first-order valence-corrected chi connectivity index (χ1v) is 7.07. The Balaban J connectivity index is 1.94. The lowest BCUT2D eigenvalue weighted by Crippen LogP contribution is -2.28. The van der Waals surface area contributed by atoms with Crippen LogP contribution in [-0.2, 0) is 5.41 Å². The van der Waals surface area contributed by atoms with Gasteiger partial charge in [0.25, 0.3) is 0 Å². The van der Waals surface area contributed by atoms with Gasteiger partial charge < -0.3 is 5.32 Å². The maximum Gasteiger partial charge on any atom is 0.130 e. The molecule has 1 heterocycles. The maximum atomic E-state index is 3.90. The van der Waals surface area contributed by atoms with Gasteiger partial charge in [-0.05, 0) is 29.4 Å². The minimum Gasteiger partial charge on any atom is -0.368 e. The van der Waals surface area contributed by atoms with Gasteiger partial charge in [0.15, 0.2) is 0 Å². The van der Waals surface area contributed by atoms with Crippen molar-refractivity contribution in [1.29, 1.82) is 0 Å². The van der Waals surface area contributed by atoms with Crippen LogP contribution in [0.25, 0.3) is 0 Å². The molecule has 3 nitrogen and oxygen atoms in total. The summed E-state index contributed by atoms with van der Waals surface area (Å²) in [5.41, 5.74) is 3.16. The summed E-state index contributed by atoms with van der Waals surface area (Å²) < 4.78 is 3.90. The molecule has 0 radical (unpaired) electrons. The van der Waals surface area contributed by atoms with Crippen molar-refractivity contribution in [2.75, 3.05) is 5.32 Å². The fourth-order valence-electron chi connectivity index (χ4n) is 2.76. The Morgan fingerprint density at radius 2 is 2.17 bits per heavy atom. The van der Waals surface area contributed by atoms with Crippen LogP contribution in [0.4, 0.5) is 5.00 Å². The van der Waals surface area contributed by atoms with E-state index in [2.05, 4.69) is 53.0 Å². The van der Waals surface area contributed by atoms with E-state index >= 15 is 0 Å². The van der Waals surface area contributed by atoms with Gasteiger partial charge in [-0.15, -0.1) is 5.10 Å². The Morgan fingerprint density at radius 3 is 2.94 bits per heavy atom. The molecule has 0 fully saturated rings. The molecule has 3 rings (SSSR count). The van der Waals surface area contributed by atoms with Gasteiger partial charge >= 0.3 is 0 Å². The number of anilines is 1. The molecule has 4 heteroatoms. The smallest absolute Gasteiger partial charge is 0.130 e. The van der Waals surface area contributed by atoms with Crippen LogP contribution in [0, 0.1) is 0 Å². The Kier molecular flexibility index (Phi) is 2.82.